The van der Waals surface area contributed by atoms with E-state index in [9.17, 15) is 4.79 Å². The zero-order valence-corrected chi connectivity index (χ0v) is 14.4. The van der Waals surface area contributed by atoms with Gasteiger partial charge in [0.1, 0.15) is 0 Å². The maximum atomic E-state index is 11.7. The van der Waals surface area contributed by atoms with Gasteiger partial charge in [-0.2, -0.15) is 0 Å². The number of carbonyl (C=O) groups is 1. The first-order valence-corrected chi connectivity index (χ1v) is 8.22. The highest BCUT2D eigenvalue weighted by Crippen LogP contribution is 2.20. The summed E-state index contributed by atoms with van der Waals surface area (Å²) in [6, 6.07) is 9.65. The second-order valence-corrected chi connectivity index (χ2v) is 6.50. The first kappa shape index (κ1) is 15.9. The molecule has 6 heteroatoms. The van der Waals surface area contributed by atoms with Gasteiger partial charge in [-0.15, -0.1) is 11.3 Å². The maximum absolute atomic E-state index is 11.7. The fourth-order valence-corrected chi connectivity index (χ4v) is 2.75. The predicted molar refractivity (Wildman–Crippen MR) is 96.6 cm³/mol. The Bertz CT molecular complexity index is 681. The van der Waals surface area contributed by atoms with Gasteiger partial charge < -0.3 is 5.32 Å². The van der Waals surface area contributed by atoms with E-state index in [0.29, 0.717) is 0 Å². The third kappa shape index (κ3) is 5.08. The molecule has 0 fully saturated rings. The Hall–Kier alpha value is -1.50. The number of hydrogen-bond acceptors (Lipinski definition) is 3. The van der Waals surface area contributed by atoms with Crippen LogP contribution in [0.3, 0.4) is 0 Å². The Morgan fingerprint density at radius 2 is 2.19 bits per heavy atom. The molecule has 2 rings (SSSR count). The van der Waals surface area contributed by atoms with E-state index in [2.05, 4.69) is 26.6 Å². The Morgan fingerprint density at radius 3 is 2.86 bits per heavy atom. The minimum atomic E-state index is -0.257. The lowest BCUT2D eigenvalue weighted by atomic mass is 10.2. The van der Waals surface area contributed by atoms with E-state index in [4.69, 9.17) is 12.2 Å². The van der Waals surface area contributed by atoms with Crippen LogP contribution < -0.4 is 10.6 Å². The van der Waals surface area contributed by atoms with Crippen LogP contribution in [-0.2, 0) is 4.79 Å². The average molecular weight is 381 g/mol. The second kappa shape index (κ2) is 7.49. The smallest absolute Gasteiger partial charge is 0.250 e. The van der Waals surface area contributed by atoms with Gasteiger partial charge in [0.25, 0.3) is 0 Å². The highest BCUT2D eigenvalue weighted by atomic mass is 79.9. The minimum absolute atomic E-state index is 0.257. The molecule has 0 atom stereocenters. The molecule has 1 aromatic carbocycles. The number of hydrogen-bond donors (Lipinski definition) is 2. The summed E-state index contributed by atoms with van der Waals surface area (Å²) in [7, 11) is 0. The number of halogens is 1. The lowest BCUT2D eigenvalue weighted by molar-refractivity contribution is -0.115. The number of thiocarbonyl (C=S) groups is 1. The molecule has 0 saturated carbocycles. The molecule has 1 heterocycles. The van der Waals surface area contributed by atoms with Crippen molar-refractivity contribution in [2.45, 2.75) is 6.92 Å². The number of thiophene rings is 1. The monoisotopic (exact) mass is 380 g/mol. The summed E-state index contributed by atoms with van der Waals surface area (Å²) in [5, 5.41) is 7.81. The highest BCUT2D eigenvalue weighted by Gasteiger charge is 2.03. The summed E-state index contributed by atoms with van der Waals surface area (Å²) in [6.45, 7) is 2.00. The van der Waals surface area contributed by atoms with Gasteiger partial charge in [-0.05, 0) is 54.4 Å². The van der Waals surface area contributed by atoms with E-state index in [0.717, 1.165) is 20.6 Å². The Kier molecular flexibility index (Phi) is 5.67. The Labute approximate surface area is 141 Å². The maximum Gasteiger partial charge on any atom is 0.250 e. The number of nitrogens with one attached hydrogen (secondary N) is 2. The van der Waals surface area contributed by atoms with E-state index in [1.807, 2.05) is 42.6 Å². The summed E-state index contributed by atoms with van der Waals surface area (Å²) in [5.41, 5.74) is 1.95. The molecule has 2 N–H and O–H groups in total. The van der Waals surface area contributed by atoms with Crippen molar-refractivity contribution in [3.63, 3.8) is 0 Å². The molecule has 0 bridgehead atoms. The number of aryl methyl sites for hydroxylation is 1. The molecule has 0 saturated heterocycles. The topological polar surface area (TPSA) is 41.1 Å². The van der Waals surface area contributed by atoms with Crippen LogP contribution in [0.2, 0.25) is 0 Å². The highest BCUT2D eigenvalue weighted by molar-refractivity contribution is 9.10. The molecular weight excluding hydrogens is 368 g/mol. The van der Waals surface area contributed by atoms with Crippen LogP contribution in [0.15, 0.2) is 46.3 Å². The molecular formula is C15H13BrN2OS2. The molecule has 0 spiro atoms. The molecule has 0 aliphatic heterocycles. The van der Waals surface area contributed by atoms with Gasteiger partial charge in [0.2, 0.25) is 5.91 Å². The summed E-state index contributed by atoms with van der Waals surface area (Å²) < 4.78 is 0.985. The molecule has 1 amide bonds. The third-order valence-electron chi connectivity index (χ3n) is 2.61. The van der Waals surface area contributed by atoms with E-state index in [1.54, 1.807) is 17.4 Å². The van der Waals surface area contributed by atoms with Crippen molar-refractivity contribution in [1.29, 1.82) is 0 Å². The Balaban J connectivity index is 1.89. The van der Waals surface area contributed by atoms with Crippen LogP contribution in [0.4, 0.5) is 5.69 Å². The van der Waals surface area contributed by atoms with Crippen molar-refractivity contribution in [2.75, 3.05) is 5.32 Å². The van der Waals surface area contributed by atoms with Crippen LogP contribution >= 0.6 is 39.5 Å². The zero-order valence-electron chi connectivity index (χ0n) is 11.2. The molecule has 3 nitrogen and oxygen atoms in total. The summed E-state index contributed by atoms with van der Waals surface area (Å²) >= 11 is 10.1. The lowest BCUT2D eigenvalue weighted by Gasteiger charge is -2.09. The molecule has 0 radical (unpaired) electrons. The number of rotatable bonds is 3. The molecule has 0 aliphatic rings. The number of benzene rings is 1. The number of amides is 1. The van der Waals surface area contributed by atoms with Crippen molar-refractivity contribution in [3.8, 4) is 0 Å². The van der Waals surface area contributed by atoms with Crippen LogP contribution in [0, 0.1) is 6.92 Å². The van der Waals surface area contributed by atoms with Gasteiger partial charge in [-0.25, -0.2) is 0 Å². The summed E-state index contributed by atoms with van der Waals surface area (Å²) in [5.74, 6) is -0.257. The average Bonchev–Trinajstić information content (AvgIpc) is 2.94. The van der Waals surface area contributed by atoms with Crippen LogP contribution in [0.1, 0.15) is 10.4 Å². The molecule has 0 aliphatic carbocycles. The van der Waals surface area contributed by atoms with Crippen molar-refractivity contribution < 1.29 is 4.79 Å². The largest absolute Gasteiger partial charge is 0.332 e. The minimum Gasteiger partial charge on any atom is -0.332 e. The molecule has 2 aromatic rings. The second-order valence-electron chi connectivity index (χ2n) is 4.26. The Morgan fingerprint density at radius 1 is 1.38 bits per heavy atom. The van der Waals surface area contributed by atoms with Gasteiger partial charge in [-0.1, -0.05) is 28.1 Å². The molecule has 108 valence electrons. The molecule has 0 unspecified atom stereocenters. The van der Waals surface area contributed by atoms with E-state index in [1.165, 1.54) is 6.08 Å². The van der Waals surface area contributed by atoms with Gasteiger partial charge in [-0.3, -0.25) is 10.1 Å². The van der Waals surface area contributed by atoms with Crippen LogP contribution in [0.5, 0.6) is 0 Å². The third-order valence-corrected chi connectivity index (χ3v) is 4.50. The van der Waals surface area contributed by atoms with Crippen molar-refractivity contribution in [2.24, 2.45) is 0 Å². The van der Waals surface area contributed by atoms with Crippen molar-refractivity contribution >= 4 is 62.3 Å². The predicted octanol–water partition coefficient (Wildman–Crippen LogP) is 4.35. The first-order valence-electron chi connectivity index (χ1n) is 6.14. The SMILES string of the molecule is Cc1ccc(NC(=S)NC(=O)C=Cc2cccs2)cc1Br. The normalized spacial score (nSPS) is 10.6. The van der Waals surface area contributed by atoms with Gasteiger partial charge >= 0.3 is 0 Å². The quantitative estimate of drug-likeness (QED) is 0.614. The fraction of sp³-hybridized carbons (Fsp3) is 0.0667. The van der Waals surface area contributed by atoms with Gasteiger partial charge in [0.05, 0.1) is 0 Å². The van der Waals surface area contributed by atoms with Crippen LogP contribution in [-0.4, -0.2) is 11.0 Å². The van der Waals surface area contributed by atoms with Gasteiger partial charge in [0.15, 0.2) is 5.11 Å². The molecule has 1 aromatic heterocycles. The zero-order chi connectivity index (χ0) is 15.2. The van der Waals surface area contributed by atoms with E-state index < -0.39 is 0 Å². The summed E-state index contributed by atoms with van der Waals surface area (Å²) in [4.78, 5) is 12.7. The first-order chi connectivity index (χ1) is 10.0. The number of carbonyl (C=O) groups excluding carboxylic acids is 1. The van der Waals surface area contributed by atoms with Crippen molar-refractivity contribution in [3.05, 3.63) is 56.7 Å². The fourth-order valence-electron chi connectivity index (χ4n) is 1.53. The van der Waals surface area contributed by atoms with E-state index in [-0.39, 0.29) is 11.0 Å². The van der Waals surface area contributed by atoms with Crippen LogP contribution in [0.25, 0.3) is 6.08 Å². The standard InChI is InChI=1S/C15H13BrN2OS2/c1-10-4-5-11(9-13(10)16)17-15(20)18-14(19)7-6-12-3-2-8-21-12/h2-9H,1H3,(H2,17,18,19,20). The lowest BCUT2D eigenvalue weighted by Crippen LogP contribution is -2.32. The number of anilines is 1. The van der Waals surface area contributed by atoms with E-state index >= 15 is 0 Å². The van der Waals surface area contributed by atoms with Gasteiger partial charge in [0, 0.05) is 21.1 Å². The summed E-state index contributed by atoms with van der Waals surface area (Å²) in [6.07, 6.45) is 3.22. The molecule has 21 heavy (non-hydrogen) atoms. The van der Waals surface area contributed by atoms with Crippen molar-refractivity contribution in [1.82, 2.24) is 5.32 Å².